The average Bonchev–Trinajstić information content (AvgIpc) is 3.29. The van der Waals surface area contributed by atoms with Crippen LogP contribution in [0.2, 0.25) is 0 Å². The molecule has 1 unspecified atom stereocenters. The number of nitrogens with one attached hydrogen (secondary N) is 2. The molecular formula is C23H20FN5O5. The van der Waals surface area contributed by atoms with Crippen LogP contribution in [0.15, 0.2) is 47.5 Å². The van der Waals surface area contributed by atoms with Crippen molar-refractivity contribution in [1.29, 1.82) is 0 Å². The Morgan fingerprint density at radius 1 is 1.26 bits per heavy atom. The van der Waals surface area contributed by atoms with Gasteiger partial charge in [-0.1, -0.05) is 6.07 Å². The van der Waals surface area contributed by atoms with E-state index in [1.54, 1.807) is 31.3 Å². The molecule has 34 heavy (non-hydrogen) atoms. The number of fused-ring (bicyclic) bond motifs is 2. The topological polar surface area (TPSA) is 120 Å². The van der Waals surface area contributed by atoms with Gasteiger partial charge in [0.1, 0.15) is 18.7 Å². The van der Waals surface area contributed by atoms with Crippen molar-refractivity contribution in [3.8, 4) is 28.6 Å². The van der Waals surface area contributed by atoms with Crippen LogP contribution in [-0.4, -0.2) is 45.8 Å². The van der Waals surface area contributed by atoms with Crippen molar-refractivity contribution in [3.63, 3.8) is 0 Å². The first-order valence-corrected chi connectivity index (χ1v) is 10.5. The van der Waals surface area contributed by atoms with Crippen molar-refractivity contribution in [3.05, 3.63) is 70.2 Å². The minimum atomic E-state index is -0.653. The SMILES string of the molecule is COc1ccc(C(C)NC(=O)c2cc3c(=O)[nH]c(-c4ccc5c(c4F)OCCO5)cn3n2)cn1. The highest BCUT2D eigenvalue weighted by atomic mass is 19.1. The van der Waals surface area contributed by atoms with Gasteiger partial charge in [0.2, 0.25) is 5.88 Å². The highest BCUT2D eigenvalue weighted by molar-refractivity contribution is 5.93. The van der Waals surface area contributed by atoms with Crippen molar-refractivity contribution in [1.82, 2.24) is 24.9 Å². The Morgan fingerprint density at radius 3 is 2.85 bits per heavy atom. The van der Waals surface area contributed by atoms with Gasteiger partial charge in [-0.2, -0.15) is 5.10 Å². The van der Waals surface area contributed by atoms with E-state index in [1.165, 1.54) is 30.0 Å². The van der Waals surface area contributed by atoms with E-state index in [1.807, 2.05) is 0 Å². The maximum Gasteiger partial charge on any atom is 0.274 e. The summed E-state index contributed by atoms with van der Waals surface area (Å²) in [6.07, 6.45) is 3.05. The molecule has 11 heteroatoms. The summed E-state index contributed by atoms with van der Waals surface area (Å²) < 4.78 is 32.1. The Balaban J connectivity index is 1.43. The molecule has 3 aromatic heterocycles. The van der Waals surface area contributed by atoms with Gasteiger partial charge >= 0.3 is 0 Å². The van der Waals surface area contributed by atoms with Gasteiger partial charge < -0.3 is 24.5 Å². The van der Waals surface area contributed by atoms with Gasteiger partial charge in [0.15, 0.2) is 23.0 Å². The number of benzene rings is 1. The van der Waals surface area contributed by atoms with E-state index < -0.39 is 17.3 Å². The van der Waals surface area contributed by atoms with Crippen molar-refractivity contribution in [2.75, 3.05) is 20.3 Å². The summed E-state index contributed by atoms with van der Waals surface area (Å²) >= 11 is 0. The molecule has 4 aromatic rings. The van der Waals surface area contributed by atoms with Crippen LogP contribution in [0.4, 0.5) is 4.39 Å². The molecule has 0 spiro atoms. The first-order chi connectivity index (χ1) is 16.4. The molecule has 10 nitrogen and oxygen atoms in total. The number of pyridine rings is 1. The number of carbonyl (C=O) groups is 1. The fourth-order valence-electron chi connectivity index (χ4n) is 3.66. The van der Waals surface area contributed by atoms with Gasteiger partial charge in [-0.25, -0.2) is 13.9 Å². The van der Waals surface area contributed by atoms with Crippen molar-refractivity contribution < 1.29 is 23.4 Å². The molecule has 1 aliphatic rings. The summed E-state index contributed by atoms with van der Waals surface area (Å²) in [7, 11) is 1.52. The summed E-state index contributed by atoms with van der Waals surface area (Å²) in [6.45, 7) is 2.36. The van der Waals surface area contributed by atoms with Crippen LogP contribution in [0.1, 0.15) is 29.0 Å². The van der Waals surface area contributed by atoms with Crippen molar-refractivity contribution in [2.45, 2.75) is 13.0 Å². The quantitative estimate of drug-likeness (QED) is 0.465. The Bertz CT molecular complexity index is 1450. The Kier molecular flexibility index (Phi) is 5.36. The fourth-order valence-corrected chi connectivity index (χ4v) is 3.66. The maximum atomic E-state index is 15.0. The summed E-state index contributed by atoms with van der Waals surface area (Å²) in [5, 5.41) is 7.04. The highest BCUT2D eigenvalue weighted by Crippen LogP contribution is 2.37. The number of hydrogen-bond acceptors (Lipinski definition) is 7. The van der Waals surface area contributed by atoms with Crippen LogP contribution in [0.3, 0.4) is 0 Å². The van der Waals surface area contributed by atoms with Gasteiger partial charge in [0.25, 0.3) is 11.5 Å². The largest absolute Gasteiger partial charge is 0.486 e. The van der Waals surface area contributed by atoms with Crippen LogP contribution < -0.4 is 25.1 Å². The number of hydrogen-bond donors (Lipinski definition) is 2. The van der Waals surface area contributed by atoms with Crippen LogP contribution in [-0.2, 0) is 0 Å². The third-order valence-corrected chi connectivity index (χ3v) is 5.46. The highest BCUT2D eigenvalue weighted by Gasteiger charge is 2.22. The van der Waals surface area contributed by atoms with Gasteiger partial charge in [-0.3, -0.25) is 9.59 Å². The third-order valence-electron chi connectivity index (χ3n) is 5.46. The van der Waals surface area contributed by atoms with Gasteiger partial charge in [-0.05, 0) is 24.6 Å². The molecular weight excluding hydrogens is 445 g/mol. The maximum absolute atomic E-state index is 15.0. The number of ether oxygens (including phenoxy) is 3. The summed E-state index contributed by atoms with van der Waals surface area (Å²) in [5.74, 6) is -0.368. The van der Waals surface area contributed by atoms with E-state index in [4.69, 9.17) is 14.2 Å². The van der Waals surface area contributed by atoms with Gasteiger partial charge in [0, 0.05) is 23.9 Å². The number of aromatic amines is 1. The second-order valence-electron chi connectivity index (χ2n) is 7.64. The summed E-state index contributed by atoms with van der Waals surface area (Å²) in [5.41, 5.74) is 0.729. The van der Waals surface area contributed by atoms with Gasteiger partial charge in [-0.15, -0.1) is 0 Å². The monoisotopic (exact) mass is 465 g/mol. The Labute approximate surface area is 192 Å². The minimum Gasteiger partial charge on any atom is -0.486 e. The molecule has 1 atom stereocenters. The molecule has 5 rings (SSSR count). The molecule has 1 aliphatic heterocycles. The lowest BCUT2D eigenvalue weighted by Crippen LogP contribution is -2.27. The van der Waals surface area contributed by atoms with Crippen LogP contribution in [0.25, 0.3) is 16.8 Å². The van der Waals surface area contributed by atoms with E-state index in [9.17, 15) is 9.59 Å². The minimum absolute atomic E-state index is 0.00719. The molecule has 0 radical (unpaired) electrons. The first kappa shape index (κ1) is 21.4. The number of aromatic nitrogens is 4. The van der Waals surface area contributed by atoms with Crippen molar-refractivity contribution >= 4 is 11.4 Å². The Hall–Kier alpha value is -4.41. The second-order valence-corrected chi connectivity index (χ2v) is 7.64. The second kappa shape index (κ2) is 8.50. The predicted molar refractivity (Wildman–Crippen MR) is 119 cm³/mol. The van der Waals surface area contributed by atoms with E-state index in [-0.39, 0.29) is 40.9 Å². The number of amides is 1. The third kappa shape index (κ3) is 3.81. The van der Waals surface area contributed by atoms with Gasteiger partial charge in [0.05, 0.1) is 25.0 Å². The fraction of sp³-hybridized carbons (Fsp3) is 0.217. The van der Waals surface area contributed by atoms with E-state index in [2.05, 4.69) is 20.4 Å². The molecule has 0 saturated carbocycles. The lowest BCUT2D eigenvalue weighted by atomic mass is 10.1. The van der Waals surface area contributed by atoms with Crippen molar-refractivity contribution in [2.24, 2.45) is 0 Å². The molecule has 1 amide bonds. The lowest BCUT2D eigenvalue weighted by molar-refractivity contribution is 0.0934. The molecule has 174 valence electrons. The van der Waals surface area contributed by atoms with Crippen LogP contribution in [0.5, 0.6) is 17.4 Å². The zero-order valence-corrected chi connectivity index (χ0v) is 18.3. The summed E-state index contributed by atoms with van der Waals surface area (Å²) in [4.78, 5) is 32.2. The number of nitrogens with zero attached hydrogens (tertiary/aromatic N) is 3. The number of halogens is 1. The number of H-pyrrole nitrogens is 1. The number of rotatable bonds is 5. The predicted octanol–water partition coefficient (Wildman–Crippen LogP) is 2.49. The molecule has 2 N–H and O–H groups in total. The normalized spacial score (nSPS) is 13.5. The molecule has 0 bridgehead atoms. The smallest absolute Gasteiger partial charge is 0.274 e. The Morgan fingerprint density at radius 2 is 2.09 bits per heavy atom. The molecule has 0 saturated heterocycles. The standard InChI is InChI=1S/C23H20FN5O5/c1-12(13-3-6-19(32-2)25-10-13)26-22(30)15-9-17-23(31)27-16(11-29(17)28-15)14-4-5-18-21(20(14)24)34-8-7-33-18/h3-6,9-12H,7-8H2,1-2H3,(H,26,30)(H,27,31). The molecule has 4 heterocycles. The number of methoxy groups -OCH3 is 1. The molecule has 1 aromatic carbocycles. The lowest BCUT2D eigenvalue weighted by Gasteiger charge is -2.19. The van der Waals surface area contributed by atoms with Crippen LogP contribution in [0, 0.1) is 5.82 Å². The van der Waals surface area contributed by atoms with E-state index >= 15 is 4.39 Å². The summed E-state index contributed by atoms with van der Waals surface area (Å²) in [6, 6.07) is 7.56. The average molecular weight is 465 g/mol. The van der Waals surface area contributed by atoms with E-state index in [0.717, 1.165) is 5.56 Å². The zero-order valence-electron chi connectivity index (χ0n) is 18.3. The first-order valence-electron chi connectivity index (χ1n) is 10.5. The zero-order chi connectivity index (χ0) is 23.8. The molecule has 0 fully saturated rings. The van der Waals surface area contributed by atoms with E-state index in [0.29, 0.717) is 18.2 Å². The molecule has 0 aliphatic carbocycles. The van der Waals surface area contributed by atoms with Crippen LogP contribution >= 0.6 is 0 Å². The number of carbonyl (C=O) groups excluding carboxylic acids is 1.